The average Bonchev–Trinajstić information content (AvgIpc) is 2.79. The Bertz CT molecular complexity index is 325. The van der Waals surface area contributed by atoms with E-state index in [1.807, 2.05) is 0 Å². The lowest BCUT2D eigenvalue weighted by atomic mass is 10.0. The molecule has 1 aliphatic rings. The van der Waals surface area contributed by atoms with E-state index in [-0.39, 0.29) is 11.8 Å². The lowest BCUT2D eigenvalue weighted by Crippen LogP contribution is -2.24. The molecule has 0 aliphatic carbocycles. The molecular formula is C9H14N4O2. The highest BCUT2D eigenvalue weighted by molar-refractivity contribution is 5.89. The number of aliphatic hydroxyl groups is 1. The van der Waals surface area contributed by atoms with E-state index in [0.29, 0.717) is 25.3 Å². The second kappa shape index (κ2) is 4.41. The zero-order valence-electron chi connectivity index (χ0n) is 8.23. The van der Waals surface area contributed by atoms with Crippen LogP contribution in [0.1, 0.15) is 6.42 Å². The summed E-state index contributed by atoms with van der Waals surface area (Å²) in [6.07, 6.45) is 1.48. The number of nitrogens with one attached hydrogen (secondary N) is 3. The summed E-state index contributed by atoms with van der Waals surface area (Å²) in [5, 5.41) is 21.6. The first kappa shape index (κ1) is 10.1. The van der Waals surface area contributed by atoms with Crippen molar-refractivity contribution in [3.05, 3.63) is 12.3 Å². The molecular weight excluding hydrogens is 196 g/mol. The van der Waals surface area contributed by atoms with Crippen molar-refractivity contribution in [2.75, 3.05) is 18.4 Å². The molecule has 82 valence electrons. The number of hydrogen-bond donors (Lipinski definition) is 4. The largest absolute Gasteiger partial charge is 0.391 e. The van der Waals surface area contributed by atoms with Crippen LogP contribution in [0.25, 0.3) is 0 Å². The Balaban J connectivity index is 1.82. The van der Waals surface area contributed by atoms with Gasteiger partial charge in [-0.05, 0) is 0 Å². The van der Waals surface area contributed by atoms with Gasteiger partial charge in [0.1, 0.15) is 5.82 Å². The number of aromatic nitrogens is 2. The first-order chi connectivity index (χ1) is 7.25. The second-order valence-corrected chi connectivity index (χ2v) is 3.71. The van der Waals surface area contributed by atoms with Crippen LogP contribution >= 0.6 is 0 Å². The quantitative estimate of drug-likeness (QED) is 0.532. The lowest BCUT2D eigenvalue weighted by molar-refractivity contribution is -0.117. The zero-order valence-corrected chi connectivity index (χ0v) is 8.23. The van der Waals surface area contributed by atoms with Gasteiger partial charge in [-0.2, -0.15) is 5.10 Å². The van der Waals surface area contributed by atoms with Gasteiger partial charge < -0.3 is 15.7 Å². The molecule has 2 atom stereocenters. The Hall–Kier alpha value is -1.40. The minimum atomic E-state index is -0.419. The number of β-amino-alcohol motifs (C(OH)–C–C–N with tert-alkyl or cyclic N) is 1. The fraction of sp³-hybridized carbons (Fsp3) is 0.556. The maximum Gasteiger partial charge on any atom is 0.225 e. The van der Waals surface area contributed by atoms with Crippen LogP contribution in [0.15, 0.2) is 12.3 Å². The summed E-state index contributed by atoms with van der Waals surface area (Å²) >= 11 is 0. The third-order valence-electron chi connectivity index (χ3n) is 2.53. The molecule has 0 radical (unpaired) electrons. The highest BCUT2D eigenvalue weighted by Gasteiger charge is 2.26. The Morgan fingerprint density at radius 1 is 1.67 bits per heavy atom. The fourth-order valence-corrected chi connectivity index (χ4v) is 1.69. The third kappa shape index (κ3) is 2.54. The molecule has 1 aromatic rings. The molecule has 6 nitrogen and oxygen atoms in total. The van der Waals surface area contributed by atoms with Crippen LogP contribution in [-0.2, 0) is 4.79 Å². The highest BCUT2D eigenvalue weighted by atomic mass is 16.3. The number of H-pyrrole nitrogens is 1. The number of rotatable bonds is 3. The van der Waals surface area contributed by atoms with Crippen molar-refractivity contribution < 1.29 is 9.90 Å². The molecule has 4 N–H and O–H groups in total. The van der Waals surface area contributed by atoms with Gasteiger partial charge in [0.05, 0.1) is 12.3 Å². The normalized spacial score (nSPS) is 25.4. The second-order valence-electron chi connectivity index (χ2n) is 3.71. The molecule has 1 aromatic heterocycles. The van der Waals surface area contributed by atoms with Gasteiger partial charge in [0.25, 0.3) is 0 Å². The van der Waals surface area contributed by atoms with E-state index in [4.69, 9.17) is 0 Å². The Morgan fingerprint density at radius 2 is 2.53 bits per heavy atom. The topological polar surface area (TPSA) is 90.0 Å². The van der Waals surface area contributed by atoms with E-state index < -0.39 is 6.10 Å². The van der Waals surface area contributed by atoms with Gasteiger partial charge in [0.2, 0.25) is 5.91 Å². The Kier molecular flexibility index (Phi) is 2.98. The van der Waals surface area contributed by atoms with E-state index in [9.17, 15) is 9.90 Å². The van der Waals surface area contributed by atoms with Crippen molar-refractivity contribution in [3.8, 4) is 0 Å². The summed E-state index contributed by atoms with van der Waals surface area (Å²) in [6, 6.07) is 1.68. The molecule has 2 heterocycles. The number of carbonyl (C=O) groups excluding carboxylic acids is 1. The van der Waals surface area contributed by atoms with E-state index in [0.717, 1.165) is 0 Å². The minimum Gasteiger partial charge on any atom is -0.391 e. The van der Waals surface area contributed by atoms with Crippen LogP contribution in [0.4, 0.5) is 5.82 Å². The zero-order chi connectivity index (χ0) is 10.7. The van der Waals surface area contributed by atoms with Gasteiger partial charge >= 0.3 is 0 Å². The minimum absolute atomic E-state index is 0.00733. The number of aliphatic hydroxyl groups excluding tert-OH is 1. The number of nitrogens with zero attached hydrogens (tertiary/aromatic N) is 1. The van der Waals surface area contributed by atoms with E-state index >= 15 is 0 Å². The van der Waals surface area contributed by atoms with Gasteiger partial charge in [-0.3, -0.25) is 9.89 Å². The summed E-state index contributed by atoms with van der Waals surface area (Å²) in [6.45, 7) is 1.26. The molecule has 15 heavy (non-hydrogen) atoms. The molecule has 0 bridgehead atoms. The molecule has 1 amide bonds. The summed E-state index contributed by atoms with van der Waals surface area (Å²) in [7, 11) is 0. The number of amides is 1. The SMILES string of the molecule is O=C(C[C@@H]1CNC[C@H]1O)Nc1ccn[nH]1. The molecule has 1 saturated heterocycles. The molecule has 0 saturated carbocycles. The maximum atomic E-state index is 11.5. The number of anilines is 1. The van der Waals surface area contributed by atoms with Gasteiger partial charge in [-0.15, -0.1) is 0 Å². The first-order valence-corrected chi connectivity index (χ1v) is 4.93. The summed E-state index contributed by atoms with van der Waals surface area (Å²) in [5.41, 5.74) is 0. The van der Waals surface area contributed by atoms with Crippen LogP contribution in [0, 0.1) is 5.92 Å². The summed E-state index contributed by atoms with van der Waals surface area (Å²) in [5.74, 6) is 0.486. The Morgan fingerprint density at radius 3 is 3.13 bits per heavy atom. The van der Waals surface area contributed by atoms with Gasteiger partial charge in [0, 0.05) is 31.5 Å². The van der Waals surface area contributed by atoms with E-state index in [1.165, 1.54) is 0 Å². The van der Waals surface area contributed by atoms with Crippen LogP contribution in [-0.4, -0.2) is 40.4 Å². The smallest absolute Gasteiger partial charge is 0.225 e. The standard InChI is InChI=1S/C9H14N4O2/c14-7-5-10-4-6(7)3-9(15)12-8-1-2-11-13-8/h1-2,6-7,10,14H,3-5H2,(H2,11,12,13,15)/t6-,7-/m1/s1. The summed E-state index contributed by atoms with van der Waals surface area (Å²) < 4.78 is 0. The molecule has 0 unspecified atom stereocenters. The third-order valence-corrected chi connectivity index (χ3v) is 2.53. The van der Waals surface area contributed by atoms with Gasteiger partial charge in [-0.1, -0.05) is 0 Å². The van der Waals surface area contributed by atoms with E-state index in [1.54, 1.807) is 12.3 Å². The lowest BCUT2D eigenvalue weighted by Gasteiger charge is -2.11. The highest BCUT2D eigenvalue weighted by Crippen LogP contribution is 2.14. The van der Waals surface area contributed by atoms with Crippen molar-refractivity contribution in [2.45, 2.75) is 12.5 Å². The van der Waals surface area contributed by atoms with Crippen molar-refractivity contribution in [2.24, 2.45) is 5.92 Å². The number of carbonyl (C=O) groups is 1. The van der Waals surface area contributed by atoms with Gasteiger partial charge in [-0.25, -0.2) is 0 Å². The molecule has 6 heteroatoms. The fourth-order valence-electron chi connectivity index (χ4n) is 1.69. The average molecular weight is 210 g/mol. The van der Waals surface area contributed by atoms with Crippen LogP contribution < -0.4 is 10.6 Å². The number of hydrogen-bond acceptors (Lipinski definition) is 4. The molecule has 2 rings (SSSR count). The Labute approximate surface area is 87.1 Å². The maximum absolute atomic E-state index is 11.5. The van der Waals surface area contributed by atoms with Crippen molar-refractivity contribution in [3.63, 3.8) is 0 Å². The van der Waals surface area contributed by atoms with Crippen molar-refractivity contribution >= 4 is 11.7 Å². The predicted octanol–water partition coefficient (Wildman–Crippen LogP) is -0.681. The molecule has 0 spiro atoms. The molecule has 1 fully saturated rings. The summed E-state index contributed by atoms with van der Waals surface area (Å²) in [4.78, 5) is 11.5. The van der Waals surface area contributed by atoms with Crippen LogP contribution in [0.3, 0.4) is 0 Å². The number of aromatic amines is 1. The molecule has 1 aliphatic heterocycles. The predicted molar refractivity (Wildman–Crippen MR) is 54.2 cm³/mol. The molecule has 0 aromatic carbocycles. The van der Waals surface area contributed by atoms with E-state index in [2.05, 4.69) is 20.8 Å². The van der Waals surface area contributed by atoms with Crippen molar-refractivity contribution in [1.82, 2.24) is 15.5 Å². The van der Waals surface area contributed by atoms with Gasteiger partial charge in [0.15, 0.2) is 0 Å². The van der Waals surface area contributed by atoms with Crippen LogP contribution in [0.5, 0.6) is 0 Å². The van der Waals surface area contributed by atoms with Crippen LogP contribution in [0.2, 0.25) is 0 Å². The van der Waals surface area contributed by atoms with Crippen molar-refractivity contribution in [1.29, 1.82) is 0 Å². The first-order valence-electron chi connectivity index (χ1n) is 4.93. The monoisotopic (exact) mass is 210 g/mol.